The molecule has 0 aromatic carbocycles. The maximum Gasteiger partial charge on any atom is 0.277 e. The molecule has 0 radical (unpaired) electrons. The van der Waals surface area contributed by atoms with E-state index in [1.165, 1.54) is 6.33 Å². The zero-order valence-corrected chi connectivity index (χ0v) is 8.25. The smallest absolute Gasteiger partial charge is 0.277 e. The topological polar surface area (TPSA) is 81.0 Å². The van der Waals surface area contributed by atoms with Crippen molar-refractivity contribution in [2.24, 2.45) is 0 Å². The van der Waals surface area contributed by atoms with E-state index in [-0.39, 0.29) is 17.1 Å². The lowest BCUT2D eigenvalue weighted by atomic mass is 10.3. The van der Waals surface area contributed by atoms with Crippen molar-refractivity contribution in [3.8, 4) is 5.88 Å². The number of hydrogen-bond donors (Lipinski definition) is 2. The van der Waals surface area contributed by atoms with E-state index in [0.29, 0.717) is 6.61 Å². The zero-order valence-electron chi connectivity index (χ0n) is 8.25. The molecule has 5 nitrogen and oxygen atoms in total. The maximum absolute atomic E-state index is 11.0. The molecule has 78 valence electrons. The molecule has 0 saturated heterocycles. The van der Waals surface area contributed by atoms with E-state index in [4.69, 9.17) is 10.5 Å². The van der Waals surface area contributed by atoms with Gasteiger partial charge >= 0.3 is 0 Å². The van der Waals surface area contributed by atoms with Crippen LogP contribution in [0.4, 0.5) is 5.69 Å². The number of aromatic nitrogens is 2. The van der Waals surface area contributed by atoms with Crippen LogP contribution in [0.25, 0.3) is 0 Å². The molecule has 3 N–H and O–H groups in total. The first-order chi connectivity index (χ1) is 6.75. The number of anilines is 1. The summed E-state index contributed by atoms with van der Waals surface area (Å²) in [6.07, 6.45) is 4.46. The molecule has 0 aliphatic carbocycles. The summed E-state index contributed by atoms with van der Waals surface area (Å²) in [6.45, 7) is 2.66. The van der Waals surface area contributed by atoms with E-state index in [9.17, 15) is 4.79 Å². The van der Waals surface area contributed by atoms with Crippen LogP contribution in [0, 0.1) is 0 Å². The summed E-state index contributed by atoms with van der Waals surface area (Å²) in [6, 6.07) is 0. The van der Waals surface area contributed by atoms with Crippen molar-refractivity contribution >= 4 is 5.69 Å². The molecule has 0 unspecified atom stereocenters. The molecule has 0 spiro atoms. The number of aromatic amines is 1. The van der Waals surface area contributed by atoms with Crippen LogP contribution in [0.2, 0.25) is 0 Å². The van der Waals surface area contributed by atoms with Gasteiger partial charge in [0.1, 0.15) is 0 Å². The van der Waals surface area contributed by atoms with Gasteiger partial charge in [0.15, 0.2) is 5.69 Å². The van der Waals surface area contributed by atoms with E-state index < -0.39 is 0 Å². The summed E-state index contributed by atoms with van der Waals surface area (Å²) >= 11 is 0. The third-order valence-corrected chi connectivity index (χ3v) is 1.84. The van der Waals surface area contributed by atoms with Crippen LogP contribution in [-0.4, -0.2) is 16.6 Å². The number of H-pyrrole nitrogens is 1. The number of unbranched alkanes of at least 4 members (excludes halogenated alkanes) is 2. The fourth-order valence-corrected chi connectivity index (χ4v) is 1.03. The molecule has 14 heavy (non-hydrogen) atoms. The third kappa shape index (κ3) is 2.76. The number of rotatable bonds is 5. The fraction of sp³-hybridized carbons (Fsp3) is 0.556. The number of nitrogens with two attached hydrogens (primary N) is 1. The van der Waals surface area contributed by atoms with Crippen molar-refractivity contribution in [3.05, 3.63) is 16.7 Å². The summed E-state index contributed by atoms with van der Waals surface area (Å²) < 4.78 is 5.26. The van der Waals surface area contributed by atoms with Gasteiger partial charge in [-0.05, 0) is 6.42 Å². The molecule has 1 aromatic heterocycles. The maximum atomic E-state index is 11.0. The molecule has 0 atom stereocenters. The van der Waals surface area contributed by atoms with Gasteiger partial charge in [-0.25, -0.2) is 4.98 Å². The van der Waals surface area contributed by atoms with Crippen LogP contribution in [-0.2, 0) is 0 Å². The molecule has 0 aliphatic rings. The van der Waals surface area contributed by atoms with Gasteiger partial charge in [0, 0.05) is 0 Å². The van der Waals surface area contributed by atoms with Crippen molar-refractivity contribution in [3.63, 3.8) is 0 Å². The minimum Gasteiger partial charge on any atom is -0.476 e. The Bertz CT molecular complexity index is 335. The van der Waals surface area contributed by atoms with Crippen LogP contribution in [0.15, 0.2) is 11.1 Å². The van der Waals surface area contributed by atoms with Crippen molar-refractivity contribution in [1.29, 1.82) is 0 Å². The molecule has 0 amide bonds. The van der Waals surface area contributed by atoms with E-state index in [1.54, 1.807) is 0 Å². The first-order valence-corrected chi connectivity index (χ1v) is 4.71. The number of nitrogens with one attached hydrogen (secondary N) is 1. The monoisotopic (exact) mass is 197 g/mol. The highest BCUT2D eigenvalue weighted by Crippen LogP contribution is 2.11. The molecule has 0 saturated carbocycles. The lowest BCUT2D eigenvalue weighted by molar-refractivity contribution is 0.296. The molecular formula is C9H15N3O2. The summed E-state index contributed by atoms with van der Waals surface area (Å²) in [5.41, 5.74) is 5.16. The standard InChI is InChI=1S/C9H15N3O2/c1-2-3-4-5-14-9-7(10)8(13)11-6-12-9/h6H,2-5,10H2,1H3,(H,11,12,13). The lowest BCUT2D eigenvalue weighted by Gasteiger charge is -2.05. The average Bonchev–Trinajstić information content (AvgIpc) is 2.19. The Morgan fingerprint density at radius 2 is 2.36 bits per heavy atom. The van der Waals surface area contributed by atoms with Gasteiger partial charge in [-0.1, -0.05) is 19.8 Å². The number of nitrogens with zero attached hydrogens (tertiary/aromatic N) is 1. The Morgan fingerprint density at radius 1 is 1.57 bits per heavy atom. The highest BCUT2D eigenvalue weighted by atomic mass is 16.5. The zero-order chi connectivity index (χ0) is 10.4. The van der Waals surface area contributed by atoms with Gasteiger partial charge in [0.25, 0.3) is 5.56 Å². The van der Waals surface area contributed by atoms with Crippen molar-refractivity contribution in [2.45, 2.75) is 26.2 Å². The fourth-order valence-electron chi connectivity index (χ4n) is 1.03. The first-order valence-electron chi connectivity index (χ1n) is 4.71. The second-order valence-electron chi connectivity index (χ2n) is 3.01. The Balaban J connectivity index is 2.51. The van der Waals surface area contributed by atoms with Crippen LogP contribution in [0.1, 0.15) is 26.2 Å². The number of hydrogen-bond acceptors (Lipinski definition) is 4. The van der Waals surface area contributed by atoms with Crippen molar-refractivity contribution in [1.82, 2.24) is 9.97 Å². The third-order valence-electron chi connectivity index (χ3n) is 1.84. The normalized spacial score (nSPS) is 10.1. The number of nitrogen functional groups attached to an aromatic ring is 1. The predicted molar refractivity (Wildman–Crippen MR) is 54.3 cm³/mol. The quantitative estimate of drug-likeness (QED) is 0.688. The second kappa shape index (κ2) is 5.26. The Kier molecular flexibility index (Phi) is 3.97. The van der Waals surface area contributed by atoms with Crippen LogP contribution in [0.5, 0.6) is 5.88 Å². The molecule has 0 aliphatic heterocycles. The number of ether oxygens (including phenoxy) is 1. The van der Waals surface area contributed by atoms with Gasteiger partial charge in [-0.15, -0.1) is 0 Å². The van der Waals surface area contributed by atoms with E-state index in [2.05, 4.69) is 16.9 Å². The van der Waals surface area contributed by atoms with Gasteiger partial charge in [0.05, 0.1) is 12.9 Å². The van der Waals surface area contributed by atoms with Gasteiger partial charge < -0.3 is 15.5 Å². The largest absolute Gasteiger partial charge is 0.476 e. The predicted octanol–water partition coefficient (Wildman–Crippen LogP) is 0.921. The minimum atomic E-state index is -0.356. The minimum absolute atomic E-state index is 0.0454. The summed E-state index contributed by atoms with van der Waals surface area (Å²) in [5, 5.41) is 0. The second-order valence-corrected chi connectivity index (χ2v) is 3.01. The first kappa shape index (κ1) is 10.6. The summed E-state index contributed by atoms with van der Waals surface area (Å²) in [7, 11) is 0. The summed E-state index contributed by atoms with van der Waals surface area (Å²) in [5.74, 6) is 0.227. The van der Waals surface area contributed by atoms with Crippen LogP contribution >= 0.6 is 0 Å². The van der Waals surface area contributed by atoms with Gasteiger partial charge in [-0.2, -0.15) is 0 Å². The molecule has 5 heteroatoms. The van der Waals surface area contributed by atoms with Crippen molar-refractivity contribution < 1.29 is 4.74 Å². The van der Waals surface area contributed by atoms with E-state index in [1.807, 2.05) is 0 Å². The Hall–Kier alpha value is -1.52. The molecule has 0 fully saturated rings. The highest BCUT2D eigenvalue weighted by molar-refractivity contribution is 5.44. The molecule has 0 bridgehead atoms. The molecular weight excluding hydrogens is 182 g/mol. The lowest BCUT2D eigenvalue weighted by Crippen LogP contribution is -2.14. The van der Waals surface area contributed by atoms with E-state index >= 15 is 0 Å². The summed E-state index contributed by atoms with van der Waals surface area (Å²) in [4.78, 5) is 17.2. The highest BCUT2D eigenvalue weighted by Gasteiger charge is 2.04. The van der Waals surface area contributed by atoms with Crippen LogP contribution in [0.3, 0.4) is 0 Å². The van der Waals surface area contributed by atoms with Crippen molar-refractivity contribution in [2.75, 3.05) is 12.3 Å². The van der Waals surface area contributed by atoms with Gasteiger partial charge in [-0.3, -0.25) is 4.79 Å². The Labute approximate surface area is 82.3 Å². The molecule has 1 aromatic rings. The molecule has 1 rings (SSSR count). The Morgan fingerprint density at radius 3 is 3.07 bits per heavy atom. The van der Waals surface area contributed by atoms with Crippen LogP contribution < -0.4 is 16.0 Å². The van der Waals surface area contributed by atoms with Gasteiger partial charge in [0.2, 0.25) is 5.88 Å². The SMILES string of the molecule is CCCCCOc1nc[nH]c(=O)c1N. The van der Waals surface area contributed by atoms with E-state index in [0.717, 1.165) is 19.3 Å². The average molecular weight is 197 g/mol. The molecule has 1 heterocycles.